The van der Waals surface area contributed by atoms with E-state index in [2.05, 4.69) is 38.9 Å². The van der Waals surface area contributed by atoms with Crippen LogP contribution in [-0.2, 0) is 9.53 Å². The Kier molecular flexibility index (Phi) is 10.4. The first-order chi connectivity index (χ1) is 17.1. The smallest absolute Gasteiger partial charge is 0.338 e. The number of nitrogens with zero attached hydrogens (tertiary/aromatic N) is 6. The Hall–Kier alpha value is -3.91. The van der Waals surface area contributed by atoms with E-state index in [0.29, 0.717) is 42.4 Å². The first kappa shape index (κ1) is 28.3. The van der Waals surface area contributed by atoms with Crippen LogP contribution in [0.3, 0.4) is 0 Å². The molecular weight excluding hydrogens is 486 g/mol. The van der Waals surface area contributed by atoms with Crippen LogP contribution in [0.5, 0.6) is 0 Å². The highest BCUT2D eigenvalue weighted by atomic mass is 35.5. The minimum absolute atomic E-state index is 0.0567. The lowest BCUT2D eigenvalue weighted by molar-refractivity contribution is -0.134. The number of aliphatic imine (C=N–C) groups is 1. The Morgan fingerprint density at radius 2 is 2.03 bits per heavy atom. The summed E-state index contributed by atoms with van der Waals surface area (Å²) in [6, 6.07) is 7.15. The van der Waals surface area contributed by atoms with E-state index < -0.39 is 11.9 Å². The molecule has 0 aliphatic carbocycles. The van der Waals surface area contributed by atoms with Crippen molar-refractivity contribution in [3.63, 3.8) is 0 Å². The van der Waals surface area contributed by atoms with Gasteiger partial charge in [-0.2, -0.15) is 5.26 Å². The van der Waals surface area contributed by atoms with Gasteiger partial charge in [0, 0.05) is 32.8 Å². The summed E-state index contributed by atoms with van der Waals surface area (Å²) in [6.45, 7) is 9.12. The molecule has 0 bridgehead atoms. The molecule has 1 unspecified atom stereocenters. The summed E-state index contributed by atoms with van der Waals surface area (Å²) in [6.07, 6.45) is 3.64. The Morgan fingerprint density at radius 1 is 1.33 bits per heavy atom. The highest BCUT2D eigenvalue weighted by molar-refractivity contribution is 6.28. The van der Waals surface area contributed by atoms with Crippen LogP contribution in [0.2, 0.25) is 5.28 Å². The number of ether oxygens (including phenoxy) is 1. The average Bonchev–Trinajstić information content (AvgIpc) is 2.83. The maximum Gasteiger partial charge on any atom is 0.338 e. The zero-order valence-electron chi connectivity index (χ0n) is 20.9. The summed E-state index contributed by atoms with van der Waals surface area (Å²) in [4.78, 5) is 38.3. The molecule has 1 fully saturated rings. The summed E-state index contributed by atoms with van der Waals surface area (Å²) in [7, 11) is 1.35. The van der Waals surface area contributed by atoms with Crippen molar-refractivity contribution in [2.75, 3.05) is 31.6 Å². The molecule has 11 nitrogen and oxygen atoms in total. The molecule has 36 heavy (non-hydrogen) atoms. The molecule has 1 atom stereocenters. The van der Waals surface area contributed by atoms with Crippen LogP contribution in [0.4, 0.5) is 11.5 Å². The number of carboxylic acid groups (broad SMARTS) is 1. The normalized spacial score (nSPS) is 15.5. The number of anilines is 1. The van der Waals surface area contributed by atoms with Gasteiger partial charge in [0.05, 0.1) is 24.4 Å². The van der Waals surface area contributed by atoms with Crippen molar-refractivity contribution in [3.05, 3.63) is 46.9 Å². The van der Waals surface area contributed by atoms with Crippen LogP contribution >= 0.6 is 11.6 Å². The molecule has 1 aromatic heterocycles. The fraction of sp³-hybridized carbons (Fsp3) is 0.417. The fourth-order valence-electron chi connectivity index (χ4n) is 3.76. The SMILES string of the molecule is CC(=O)O.COC(=O)c1cccc(N=C(NC#N)N2CCN(c3ccnc(Cl)n3)CC2C(C)C)c1C. The molecule has 192 valence electrons. The molecule has 12 heteroatoms. The average molecular weight is 516 g/mol. The van der Waals surface area contributed by atoms with Gasteiger partial charge in [0.1, 0.15) is 5.82 Å². The standard InChI is InChI=1S/C22H26ClN7O2.C2H4O2/c1-14(2)18-12-29(19-8-9-25-21(23)28-19)10-11-30(18)22(26-13-24)27-17-7-5-6-16(15(17)3)20(31)32-4;1-2(3)4/h5-9,14,18H,10-12H2,1-4H3,(H,26,27);1H3,(H,3,4). The summed E-state index contributed by atoms with van der Waals surface area (Å²) in [5, 5.41) is 19.8. The van der Waals surface area contributed by atoms with Crippen LogP contribution in [0.25, 0.3) is 0 Å². The van der Waals surface area contributed by atoms with E-state index in [1.165, 1.54) is 7.11 Å². The van der Waals surface area contributed by atoms with Crippen molar-refractivity contribution < 1.29 is 19.4 Å². The Bertz CT molecular complexity index is 1150. The van der Waals surface area contributed by atoms with Gasteiger partial charge in [0.2, 0.25) is 11.2 Å². The molecule has 1 aliphatic heterocycles. The number of carbonyl (C=O) groups excluding carboxylic acids is 1. The van der Waals surface area contributed by atoms with E-state index in [1.807, 2.05) is 25.2 Å². The first-order valence-corrected chi connectivity index (χ1v) is 11.6. The van der Waals surface area contributed by atoms with Crippen molar-refractivity contribution in [1.82, 2.24) is 20.2 Å². The topological polar surface area (TPSA) is 144 Å². The van der Waals surface area contributed by atoms with Gasteiger partial charge in [-0.3, -0.25) is 10.1 Å². The first-order valence-electron chi connectivity index (χ1n) is 11.2. The number of nitriles is 1. The third-order valence-corrected chi connectivity index (χ3v) is 5.68. The van der Waals surface area contributed by atoms with Crippen molar-refractivity contribution >= 4 is 41.0 Å². The maximum atomic E-state index is 12.1. The lowest BCUT2D eigenvalue weighted by atomic mass is 9.99. The van der Waals surface area contributed by atoms with E-state index in [-0.39, 0.29) is 17.2 Å². The number of hydrogen-bond donors (Lipinski definition) is 2. The van der Waals surface area contributed by atoms with Crippen molar-refractivity contribution in [2.24, 2.45) is 10.9 Å². The molecule has 1 aromatic carbocycles. The number of piperazine rings is 1. The van der Waals surface area contributed by atoms with Gasteiger partial charge in [0.15, 0.2) is 6.19 Å². The van der Waals surface area contributed by atoms with Crippen LogP contribution < -0.4 is 10.2 Å². The Labute approximate surface area is 215 Å². The van der Waals surface area contributed by atoms with Gasteiger partial charge in [0.25, 0.3) is 5.97 Å². The number of hydrogen-bond acceptors (Lipinski definition) is 8. The number of esters is 1. The van der Waals surface area contributed by atoms with E-state index in [1.54, 1.807) is 18.3 Å². The van der Waals surface area contributed by atoms with Crippen molar-refractivity contribution in [2.45, 2.75) is 33.7 Å². The molecule has 2 N–H and O–H groups in total. The quantitative estimate of drug-likeness (QED) is 0.155. The second kappa shape index (κ2) is 13.3. The Morgan fingerprint density at radius 3 is 2.61 bits per heavy atom. The molecule has 2 aromatic rings. The molecule has 0 spiro atoms. The van der Waals surface area contributed by atoms with Gasteiger partial charge in [-0.05, 0) is 48.2 Å². The monoisotopic (exact) mass is 515 g/mol. The molecule has 3 rings (SSSR count). The zero-order chi connectivity index (χ0) is 26.8. The number of rotatable bonds is 4. The van der Waals surface area contributed by atoms with Crippen LogP contribution in [0.15, 0.2) is 35.5 Å². The number of halogens is 1. The third-order valence-electron chi connectivity index (χ3n) is 5.50. The predicted molar refractivity (Wildman–Crippen MR) is 136 cm³/mol. The number of methoxy groups -OCH3 is 1. The summed E-state index contributed by atoms with van der Waals surface area (Å²) in [5.74, 6) is 0.218. The molecular formula is C24H30ClN7O4. The summed E-state index contributed by atoms with van der Waals surface area (Å²) < 4.78 is 4.86. The maximum absolute atomic E-state index is 12.1. The van der Waals surface area contributed by atoms with Gasteiger partial charge in [-0.25, -0.2) is 19.8 Å². The number of aliphatic carboxylic acids is 1. The molecule has 0 saturated carbocycles. The van der Waals surface area contributed by atoms with Crippen LogP contribution in [0.1, 0.15) is 36.7 Å². The summed E-state index contributed by atoms with van der Waals surface area (Å²) in [5.41, 5.74) is 1.72. The number of benzene rings is 1. The fourth-order valence-corrected chi connectivity index (χ4v) is 3.90. The number of nitrogens with one attached hydrogen (secondary N) is 1. The molecule has 2 heterocycles. The number of aromatic nitrogens is 2. The lowest BCUT2D eigenvalue weighted by Gasteiger charge is -2.44. The Balaban J connectivity index is 0.00000106. The third kappa shape index (κ3) is 7.55. The van der Waals surface area contributed by atoms with Crippen LogP contribution in [0, 0.1) is 24.3 Å². The zero-order valence-corrected chi connectivity index (χ0v) is 21.7. The van der Waals surface area contributed by atoms with E-state index in [4.69, 9.17) is 31.2 Å². The predicted octanol–water partition coefficient (Wildman–Crippen LogP) is 3.22. The van der Waals surface area contributed by atoms with Crippen molar-refractivity contribution in [3.8, 4) is 6.19 Å². The highest BCUT2D eigenvalue weighted by Gasteiger charge is 2.32. The van der Waals surface area contributed by atoms with E-state index in [0.717, 1.165) is 12.7 Å². The second-order valence-electron chi connectivity index (χ2n) is 8.27. The second-order valence-corrected chi connectivity index (χ2v) is 8.61. The number of carboxylic acids is 1. The van der Waals surface area contributed by atoms with Crippen molar-refractivity contribution in [1.29, 1.82) is 5.26 Å². The van der Waals surface area contributed by atoms with Gasteiger partial charge in [-0.15, -0.1) is 0 Å². The lowest BCUT2D eigenvalue weighted by Crippen LogP contribution is -2.59. The number of guanidine groups is 1. The number of carbonyl (C=O) groups is 2. The highest BCUT2D eigenvalue weighted by Crippen LogP contribution is 2.26. The van der Waals surface area contributed by atoms with E-state index >= 15 is 0 Å². The largest absolute Gasteiger partial charge is 0.481 e. The minimum Gasteiger partial charge on any atom is -0.481 e. The van der Waals surface area contributed by atoms with Gasteiger partial charge < -0.3 is 19.6 Å². The van der Waals surface area contributed by atoms with Gasteiger partial charge in [-0.1, -0.05) is 19.9 Å². The molecule has 0 radical (unpaired) electrons. The van der Waals surface area contributed by atoms with Crippen LogP contribution in [-0.4, -0.2) is 70.7 Å². The molecule has 1 aliphatic rings. The summed E-state index contributed by atoms with van der Waals surface area (Å²) >= 11 is 5.98. The van der Waals surface area contributed by atoms with E-state index in [9.17, 15) is 10.1 Å². The van der Waals surface area contributed by atoms with Gasteiger partial charge >= 0.3 is 5.97 Å². The molecule has 0 amide bonds. The molecule has 1 saturated heterocycles. The minimum atomic E-state index is -0.833.